The Labute approximate surface area is 119 Å². The maximum absolute atomic E-state index is 9.01. The third-order valence-electron chi connectivity index (χ3n) is 3.15. The van der Waals surface area contributed by atoms with Gasteiger partial charge in [0, 0.05) is 11.6 Å². The summed E-state index contributed by atoms with van der Waals surface area (Å²) < 4.78 is 5.36. The maximum Gasteiger partial charge on any atom is 0.126 e. The van der Waals surface area contributed by atoms with Crippen LogP contribution in [-0.4, -0.2) is 13.2 Å². The third-order valence-corrected chi connectivity index (χ3v) is 3.15. The molecule has 3 heteroatoms. The number of benzene rings is 2. The Bertz CT molecular complexity index is 624. The average molecular weight is 266 g/mol. The molecule has 0 radical (unpaired) electrons. The molecule has 0 aliphatic rings. The minimum absolute atomic E-state index is 0.150. The van der Waals surface area contributed by atoms with Crippen molar-refractivity contribution in [3.8, 4) is 22.9 Å². The highest BCUT2D eigenvalue weighted by Crippen LogP contribution is 2.31. The van der Waals surface area contributed by atoms with Crippen molar-refractivity contribution in [1.29, 1.82) is 5.26 Å². The Hall–Kier alpha value is -2.31. The highest BCUT2D eigenvalue weighted by atomic mass is 16.5. The van der Waals surface area contributed by atoms with Gasteiger partial charge in [-0.15, -0.1) is 0 Å². The fraction of sp³-hybridized carbons (Fsp3) is 0.235. The molecule has 0 aromatic heterocycles. The summed E-state index contributed by atoms with van der Waals surface area (Å²) in [4.78, 5) is 0. The summed E-state index contributed by atoms with van der Waals surface area (Å²) in [5.41, 5.74) is 9.60. The fourth-order valence-electron chi connectivity index (χ4n) is 2.20. The lowest BCUT2D eigenvalue weighted by Crippen LogP contribution is -2.17. The number of hydrogen-bond donors (Lipinski definition) is 1. The lowest BCUT2D eigenvalue weighted by atomic mass is 9.99. The Morgan fingerprint density at radius 3 is 2.45 bits per heavy atom. The topological polar surface area (TPSA) is 59.0 Å². The predicted molar refractivity (Wildman–Crippen MR) is 80.5 cm³/mol. The first-order valence-corrected chi connectivity index (χ1v) is 6.57. The molecule has 0 fully saturated rings. The number of nitrogens with zero attached hydrogens (tertiary/aromatic N) is 1. The van der Waals surface area contributed by atoms with Crippen molar-refractivity contribution in [1.82, 2.24) is 0 Å². The van der Waals surface area contributed by atoms with E-state index in [-0.39, 0.29) is 6.04 Å². The van der Waals surface area contributed by atoms with E-state index in [0.29, 0.717) is 5.56 Å². The number of methoxy groups -OCH3 is 1. The molecule has 0 aliphatic heterocycles. The highest BCUT2D eigenvalue weighted by Gasteiger charge is 2.07. The van der Waals surface area contributed by atoms with Crippen LogP contribution in [-0.2, 0) is 6.42 Å². The highest BCUT2D eigenvalue weighted by molar-refractivity contribution is 5.72. The van der Waals surface area contributed by atoms with Crippen molar-refractivity contribution in [3.05, 3.63) is 53.6 Å². The van der Waals surface area contributed by atoms with Crippen LogP contribution in [0.4, 0.5) is 0 Å². The molecule has 0 bridgehead atoms. The van der Waals surface area contributed by atoms with Crippen LogP contribution in [0.1, 0.15) is 18.1 Å². The van der Waals surface area contributed by atoms with Crippen molar-refractivity contribution in [2.24, 2.45) is 5.73 Å². The number of hydrogen-bond acceptors (Lipinski definition) is 3. The molecule has 0 heterocycles. The lowest BCUT2D eigenvalue weighted by Gasteiger charge is -2.10. The minimum atomic E-state index is 0.150. The molecule has 3 nitrogen and oxygen atoms in total. The molecule has 2 rings (SSSR count). The summed E-state index contributed by atoms with van der Waals surface area (Å²) in [6, 6.07) is 15.9. The molecule has 0 spiro atoms. The predicted octanol–water partition coefficient (Wildman–Crippen LogP) is 3.12. The second kappa shape index (κ2) is 6.23. The van der Waals surface area contributed by atoms with E-state index in [0.717, 1.165) is 23.3 Å². The minimum Gasteiger partial charge on any atom is -0.496 e. The Balaban J connectivity index is 2.38. The van der Waals surface area contributed by atoms with E-state index in [1.165, 1.54) is 5.56 Å². The second-order valence-electron chi connectivity index (χ2n) is 4.91. The monoisotopic (exact) mass is 266 g/mol. The van der Waals surface area contributed by atoms with Gasteiger partial charge in [-0.05, 0) is 42.7 Å². The molecule has 0 amide bonds. The molecule has 0 aliphatic carbocycles. The molecular weight excluding hydrogens is 248 g/mol. The van der Waals surface area contributed by atoms with E-state index in [1.807, 2.05) is 31.2 Å². The summed E-state index contributed by atoms with van der Waals surface area (Å²) in [7, 11) is 1.63. The molecular formula is C17H18N2O. The SMILES string of the molecule is COc1ccc(C#N)cc1-c1ccc(CC(C)N)cc1. The summed E-state index contributed by atoms with van der Waals surface area (Å²) in [5, 5.41) is 9.01. The molecule has 2 N–H and O–H groups in total. The van der Waals surface area contributed by atoms with Gasteiger partial charge in [-0.2, -0.15) is 5.26 Å². The molecule has 1 unspecified atom stereocenters. The van der Waals surface area contributed by atoms with E-state index in [2.05, 4.69) is 18.2 Å². The van der Waals surface area contributed by atoms with Gasteiger partial charge in [-0.3, -0.25) is 0 Å². The van der Waals surface area contributed by atoms with E-state index in [4.69, 9.17) is 15.7 Å². The van der Waals surface area contributed by atoms with E-state index < -0.39 is 0 Å². The van der Waals surface area contributed by atoms with Crippen LogP contribution in [0.15, 0.2) is 42.5 Å². The molecule has 20 heavy (non-hydrogen) atoms. The van der Waals surface area contributed by atoms with E-state index in [9.17, 15) is 0 Å². The Morgan fingerprint density at radius 1 is 1.20 bits per heavy atom. The van der Waals surface area contributed by atoms with Gasteiger partial charge in [-0.25, -0.2) is 0 Å². The largest absolute Gasteiger partial charge is 0.496 e. The van der Waals surface area contributed by atoms with E-state index in [1.54, 1.807) is 13.2 Å². The summed E-state index contributed by atoms with van der Waals surface area (Å²) in [5.74, 6) is 0.768. The Kier molecular flexibility index (Phi) is 4.39. The molecule has 2 aromatic carbocycles. The first-order valence-electron chi connectivity index (χ1n) is 6.57. The van der Waals surface area contributed by atoms with Crippen molar-refractivity contribution in [2.75, 3.05) is 7.11 Å². The van der Waals surface area contributed by atoms with Crippen molar-refractivity contribution in [3.63, 3.8) is 0 Å². The van der Waals surface area contributed by atoms with Crippen molar-refractivity contribution in [2.45, 2.75) is 19.4 Å². The first-order chi connectivity index (χ1) is 9.63. The summed E-state index contributed by atoms with van der Waals surface area (Å²) >= 11 is 0. The Morgan fingerprint density at radius 2 is 1.90 bits per heavy atom. The third kappa shape index (κ3) is 3.17. The van der Waals surface area contributed by atoms with Crippen molar-refractivity contribution >= 4 is 0 Å². The lowest BCUT2D eigenvalue weighted by molar-refractivity contribution is 0.416. The molecule has 0 saturated carbocycles. The van der Waals surface area contributed by atoms with Gasteiger partial charge in [0.15, 0.2) is 0 Å². The summed E-state index contributed by atoms with van der Waals surface area (Å²) in [6.07, 6.45) is 0.857. The van der Waals surface area contributed by atoms with Gasteiger partial charge in [-0.1, -0.05) is 24.3 Å². The number of nitrogens with two attached hydrogens (primary N) is 1. The normalized spacial score (nSPS) is 11.7. The quantitative estimate of drug-likeness (QED) is 0.925. The van der Waals surface area contributed by atoms with Crippen molar-refractivity contribution < 1.29 is 4.74 Å². The summed E-state index contributed by atoms with van der Waals surface area (Å²) in [6.45, 7) is 1.99. The zero-order valence-corrected chi connectivity index (χ0v) is 11.8. The first kappa shape index (κ1) is 14.1. The van der Waals surface area contributed by atoms with Gasteiger partial charge < -0.3 is 10.5 Å². The zero-order valence-electron chi connectivity index (χ0n) is 11.8. The average Bonchev–Trinajstić information content (AvgIpc) is 2.46. The van der Waals surface area contributed by atoms with E-state index >= 15 is 0 Å². The number of ether oxygens (including phenoxy) is 1. The number of rotatable bonds is 4. The van der Waals surface area contributed by atoms with Crippen LogP contribution >= 0.6 is 0 Å². The van der Waals surface area contributed by atoms with Crippen LogP contribution in [0.5, 0.6) is 5.75 Å². The molecule has 102 valence electrons. The molecule has 0 saturated heterocycles. The van der Waals surface area contributed by atoms with Crippen LogP contribution in [0, 0.1) is 11.3 Å². The molecule has 2 aromatic rings. The second-order valence-corrected chi connectivity index (χ2v) is 4.91. The standard InChI is InChI=1S/C17H18N2O/c1-12(19)9-13-3-6-15(7-4-13)16-10-14(11-18)5-8-17(16)20-2/h3-8,10,12H,9,19H2,1-2H3. The fourth-order valence-corrected chi connectivity index (χ4v) is 2.20. The van der Waals surface area contributed by atoms with Crippen LogP contribution in [0.25, 0.3) is 11.1 Å². The van der Waals surface area contributed by atoms with Crippen LogP contribution in [0.3, 0.4) is 0 Å². The van der Waals surface area contributed by atoms with Crippen LogP contribution < -0.4 is 10.5 Å². The van der Waals surface area contributed by atoms with Crippen LogP contribution in [0.2, 0.25) is 0 Å². The van der Waals surface area contributed by atoms with Gasteiger partial charge in [0.2, 0.25) is 0 Å². The molecule has 1 atom stereocenters. The van der Waals surface area contributed by atoms with Gasteiger partial charge in [0.1, 0.15) is 5.75 Å². The van der Waals surface area contributed by atoms with Gasteiger partial charge >= 0.3 is 0 Å². The zero-order chi connectivity index (χ0) is 14.5. The maximum atomic E-state index is 9.01. The van der Waals surface area contributed by atoms with Gasteiger partial charge in [0.25, 0.3) is 0 Å². The van der Waals surface area contributed by atoms with Gasteiger partial charge in [0.05, 0.1) is 18.7 Å². The number of nitriles is 1. The smallest absolute Gasteiger partial charge is 0.126 e.